The van der Waals surface area contributed by atoms with Crippen LogP contribution in [0.1, 0.15) is 16.8 Å². The number of benzene rings is 3. The monoisotopic (exact) mass is 430 g/mol. The molecule has 5 nitrogen and oxygen atoms in total. The van der Waals surface area contributed by atoms with Gasteiger partial charge in [0.1, 0.15) is 0 Å². The normalized spacial score (nSPS) is 10.8. The van der Waals surface area contributed by atoms with E-state index in [0.717, 1.165) is 40.5 Å². The van der Waals surface area contributed by atoms with Crippen LogP contribution in [0.5, 0.6) is 23.0 Å². The third kappa shape index (κ3) is 4.33. The van der Waals surface area contributed by atoms with Gasteiger partial charge in [-0.1, -0.05) is 24.3 Å². The summed E-state index contributed by atoms with van der Waals surface area (Å²) in [6.45, 7) is 0.716. The lowest BCUT2D eigenvalue weighted by Crippen LogP contribution is -2.39. The third-order valence-corrected chi connectivity index (χ3v) is 5.67. The first-order chi connectivity index (χ1) is 15.7. The van der Waals surface area contributed by atoms with Crippen molar-refractivity contribution in [2.45, 2.75) is 13.0 Å². The van der Waals surface area contributed by atoms with Crippen LogP contribution in [0.3, 0.4) is 0 Å². The Morgan fingerprint density at radius 1 is 0.625 bits per heavy atom. The van der Waals surface area contributed by atoms with Gasteiger partial charge in [-0.15, -0.1) is 0 Å². The summed E-state index contributed by atoms with van der Waals surface area (Å²) in [5, 5.41) is 2.44. The average Bonchev–Trinajstić information content (AvgIpc) is 2.85. The molecule has 5 heteroatoms. The van der Waals surface area contributed by atoms with Gasteiger partial charge in [0.05, 0.1) is 34.9 Å². The SMILES string of the molecule is COc1ccc(Cc2c3ccccc3cc[n+]2Cc2ccc(OC)c(OC)c2)cc1OC. The molecule has 0 amide bonds. The predicted molar refractivity (Wildman–Crippen MR) is 125 cm³/mol. The molecule has 3 aromatic carbocycles. The van der Waals surface area contributed by atoms with E-state index in [1.54, 1.807) is 28.4 Å². The molecule has 0 aliphatic rings. The molecule has 0 N–H and O–H groups in total. The minimum absolute atomic E-state index is 0.716. The van der Waals surface area contributed by atoms with Gasteiger partial charge in [0.25, 0.3) is 0 Å². The lowest BCUT2D eigenvalue weighted by Gasteiger charge is -2.12. The van der Waals surface area contributed by atoms with E-state index in [9.17, 15) is 0 Å². The van der Waals surface area contributed by atoms with E-state index >= 15 is 0 Å². The van der Waals surface area contributed by atoms with Crippen LogP contribution in [0.2, 0.25) is 0 Å². The van der Waals surface area contributed by atoms with Crippen molar-refractivity contribution >= 4 is 10.8 Å². The summed E-state index contributed by atoms with van der Waals surface area (Å²) in [4.78, 5) is 0. The van der Waals surface area contributed by atoms with Crippen molar-refractivity contribution in [1.82, 2.24) is 0 Å². The minimum atomic E-state index is 0.716. The van der Waals surface area contributed by atoms with Crippen molar-refractivity contribution < 1.29 is 23.5 Å². The Kier molecular flexibility index (Phi) is 6.45. The van der Waals surface area contributed by atoms with E-state index in [4.69, 9.17) is 18.9 Å². The molecule has 0 unspecified atom stereocenters. The van der Waals surface area contributed by atoms with Crippen LogP contribution in [-0.4, -0.2) is 28.4 Å². The second-order valence-corrected chi connectivity index (χ2v) is 7.53. The molecule has 0 fully saturated rings. The van der Waals surface area contributed by atoms with E-state index in [0.29, 0.717) is 6.54 Å². The molecule has 0 saturated carbocycles. The number of ether oxygens (including phenoxy) is 4. The number of methoxy groups -OCH3 is 4. The second-order valence-electron chi connectivity index (χ2n) is 7.53. The van der Waals surface area contributed by atoms with E-state index in [-0.39, 0.29) is 0 Å². The molecule has 32 heavy (non-hydrogen) atoms. The molecule has 0 aliphatic carbocycles. The van der Waals surface area contributed by atoms with Crippen LogP contribution in [0.25, 0.3) is 10.8 Å². The van der Waals surface area contributed by atoms with Gasteiger partial charge in [0.2, 0.25) is 0 Å². The molecule has 1 aromatic heterocycles. The van der Waals surface area contributed by atoms with Crippen LogP contribution in [0, 0.1) is 0 Å². The summed E-state index contributed by atoms with van der Waals surface area (Å²) in [5.74, 6) is 2.92. The zero-order valence-electron chi connectivity index (χ0n) is 18.9. The summed E-state index contributed by atoms with van der Waals surface area (Å²) in [6.07, 6.45) is 2.91. The highest BCUT2D eigenvalue weighted by Crippen LogP contribution is 2.30. The predicted octanol–water partition coefficient (Wildman–Crippen LogP) is 4.80. The van der Waals surface area contributed by atoms with Crippen LogP contribution < -0.4 is 23.5 Å². The standard InChI is InChI=1S/C27H28NO4/c1-29-24-11-9-19(16-26(24)31-3)15-23-22-8-6-5-7-21(22)13-14-28(23)18-20-10-12-25(30-2)27(17-20)32-4/h5-14,16-17H,15,18H2,1-4H3/q+1. The molecular weight excluding hydrogens is 402 g/mol. The quantitative estimate of drug-likeness (QED) is 0.377. The van der Waals surface area contributed by atoms with Gasteiger partial charge in [0, 0.05) is 17.0 Å². The zero-order chi connectivity index (χ0) is 22.5. The maximum atomic E-state index is 5.52. The van der Waals surface area contributed by atoms with Crippen molar-refractivity contribution in [2.75, 3.05) is 28.4 Å². The fourth-order valence-electron chi connectivity index (χ4n) is 4.02. The summed E-state index contributed by atoms with van der Waals surface area (Å²) < 4.78 is 24.1. The number of fused-ring (bicyclic) bond motifs is 1. The number of nitrogens with zero attached hydrogens (tertiary/aromatic N) is 1. The average molecular weight is 431 g/mol. The molecule has 0 saturated heterocycles. The zero-order valence-corrected chi connectivity index (χ0v) is 18.9. The Morgan fingerprint density at radius 2 is 1.22 bits per heavy atom. The molecule has 0 radical (unpaired) electrons. The van der Waals surface area contributed by atoms with Crippen LogP contribution in [-0.2, 0) is 13.0 Å². The lowest BCUT2D eigenvalue weighted by molar-refractivity contribution is -0.693. The Hall–Kier alpha value is -3.73. The fourth-order valence-corrected chi connectivity index (χ4v) is 4.02. The number of hydrogen-bond donors (Lipinski definition) is 0. The molecular formula is C27H28NO4+. The van der Waals surface area contributed by atoms with Gasteiger partial charge in [0.15, 0.2) is 41.4 Å². The van der Waals surface area contributed by atoms with Gasteiger partial charge in [-0.3, -0.25) is 0 Å². The van der Waals surface area contributed by atoms with Crippen LogP contribution in [0.4, 0.5) is 0 Å². The van der Waals surface area contributed by atoms with E-state index in [1.165, 1.54) is 16.5 Å². The molecule has 4 aromatic rings. The molecule has 164 valence electrons. The van der Waals surface area contributed by atoms with Crippen molar-refractivity contribution in [1.29, 1.82) is 0 Å². The van der Waals surface area contributed by atoms with Crippen molar-refractivity contribution in [3.8, 4) is 23.0 Å². The second kappa shape index (κ2) is 9.60. The smallest absolute Gasteiger partial charge is 0.193 e. The van der Waals surface area contributed by atoms with Gasteiger partial charge in [-0.25, -0.2) is 0 Å². The van der Waals surface area contributed by atoms with Crippen LogP contribution in [0.15, 0.2) is 72.9 Å². The van der Waals surface area contributed by atoms with E-state index in [1.807, 2.05) is 24.3 Å². The number of aromatic nitrogens is 1. The topological polar surface area (TPSA) is 40.8 Å². The molecule has 0 bridgehead atoms. The maximum Gasteiger partial charge on any atom is 0.193 e. The molecule has 1 heterocycles. The van der Waals surface area contributed by atoms with E-state index in [2.05, 4.69) is 53.2 Å². The fraction of sp³-hybridized carbons (Fsp3) is 0.222. The molecule has 4 rings (SSSR count). The minimum Gasteiger partial charge on any atom is -0.493 e. The highest BCUT2D eigenvalue weighted by molar-refractivity contribution is 5.83. The molecule has 0 spiro atoms. The first kappa shape index (κ1) is 21.5. The highest BCUT2D eigenvalue weighted by Gasteiger charge is 2.18. The number of hydrogen-bond acceptors (Lipinski definition) is 4. The Labute approximate surface area is 188 Å². The molecule has 0 atom stereocenters. The first-order valence-corrected chi connectivity index (χ1v) is 10.5. The lowest BCUT2D eigenvalue weighted by atomic mass is 10.0. The first-order valence-electron chi connectivity index (χ1n) is 10.5. The number of pyridine rings is 1. The van der Waals surface area contributed by atoms with Crippen LogP contribution >= 0.6 is 0 Å². The summed E-state index contributed by atoms with van der Waals surface area (Å²) in [6, 6.07) is 22.8. The Bertz CT molecular complexity index is 1240. The Morgan fingerprint density at radius 3 is 1.88 bits per heavy atom. The highest BCUT2D eigenvalue weighted by atomic mass is 16.5. The third-order valence-electron chi connectivity index (χ3n) is 5.67. The number of rotatable bonds is 8. The maximum absolute atomic E-state index is 5.52. The summed E-state index contributed by atoms with van der Waals surface area (Å²) in [5.41, 5.74) is 3.52. The van der Waals surface area contributed by atoms with Gasteiger partial charge in [-0.05, 0) is 47.3 Å². The van der Waals surface area contributed by atoms with Gasteiger partial charge < -0.3 is 18.9 Å². The molecule has 0 aliphatic heterocycles. The van der Waals surface area contributed by atoms with Crippen molar-refractivity contribution in [3.63, 3.8) is 0 Å². The van der Waals surface area contributed by atoms with Gasteiger partial charge >= 0.3 is 0 Å². The van der Waals surface area contributed by atoms with E-state index < -0.39 is 0 Å². The summed E-state index contributed by atoms with van der Waals surface area (Å²) in [7, 11) is 6.63. The van der Waals surface area contributed by atoms with Gasteiger partial charge in [-0.2, -0.15) is 4.57 Å². The van der Waals surface area contributed by atoms with Crippen molar-refractivity contribution in [3.05, 3.63) is 89.7 Å². The summed E-state index contributed by atoms with van der Waals surface area (Å²) >= 11 is 0. The Balaban J connectivity index is 1.77. The largest absolute Gasteiger partial charge is 0.493 e. The van der Waals surface area contributed by atoms with Crippen molar-refractivity contribution in [2.24, 2.45) is 0 Å².